The molecule has 5 nitrogen and oxygen atoms in total. The summed E-state index contributed by atoms with van der Waals surface area (Å²) in [6.07, 6.45) is 0.723. The molecule has 1 aromatic heterocycles. The van der Waals surface area contributed by atoms with Gasteiger partial charge >= 0.3 is 0 Å². The van der Waals surface area contributed by atoms with Gasteiger partial charge in [0, 0.05) is 0 Å². The Hall–Kier alpha value is -1.23. The van der Waals surface area contributed by atoms with E-state index in [2.05, 4.69) is 20.7 Å². The maximum absolute atomic E-state index is 11.3. The molecule has 0 bridgehead atoms. The van der Waals surface area contributed by atoms with E-state index in [0.717, 1.165) is 12.1 Å². The first-order valence-electron chi connectivity index (χ1n) is 3.87. The van der Waals surface area contributed by atoms with Crippen LogP contribution in [0.3, 0.4) is 0 Å². The van der Waals surface area contributed by atoms with Gasteiger partial charge in [0.05, 0.1) is 12.2 Å². The minimum atomic E-state index is -0.0249. The van der Waals surface area contributed by atoms with Crippen LogP contribution in [0.5, 0.6) is 0 Å². The van der Waals surface area contributed by atoms with E-state index in [1.807, 2.05) is 6.92 Å². The van der Waals surface area contributed by atoms with Gasteiger partial charge in [0.1, 0.15) is 0 Å². The lowest BCUT2D eigenvalue weighted by molar-refractivity contribution is 0.0988. The molecule has 5 heteroatoms. The molecule has 0 amide bonds. The van der Waals surface area contributed by atoms with Crippen LogP contribution >= 0.6 is 0 Å². The van der Waals surface area contributed by atoms with Crippen molar-refractivity contribution in [3.8, 4) is 0 Å². The molecule has 1 heterocycles. The first-order chi connectivity index (χ1) is 5.79. The molecule has 0 aliphatic heterocycles. The van der Waals surface area contributed by atoms with Crippen molar-refractivity contribution >= 4 is 5.78 Å². The summed E-state index contributed by atoms with van der Waals surface area (Å²) in [7, 11) is 1.73. The Morgan fingerprint density at radius 1 is 1.58 bits per heavy atom. The van der Waals surface area contributed by atoms with Crippen LogP contribution in [0.1, 0.15) is 23.1 Å². The molecule has 2 N–H and O–H groups in total. The topological polar surface area (TPSA) is 70.7 Å². The Bertz CT molecular complexity index is 268. The normalized spacial score (nSPS) is 10.2. The number of Topliss-reactive ketones (excluding diaryl/α,β-unsaturated/α-hetero) is 1. The van der Waals surface area contributed by atoms with Crippen molar-refractivity contribution in [2.75, 3.05) is 13.6 Å². The standard InChI is InChI=1S/C7H12N4O/c1-3-5-7(10-11-9-5)6(12)4-8-2/h8H,3-4H2,1-2H3,(H,9,10,11). The summed E-state index contributed by atoms with van der Waals surface area (Å²) in [5.41, 5.74) is 1.18. The number of carbonyl (C=O) groups is 1. The maximum atomic E-state index is 11.3. The zero-order valence-electron chi connectivity index (χ0n) is 7.22. The highest BCUT2D eigenvalue weighted by atomic mass is 16.1. The SMILES string of the molecule is CCc1n[nH]nc1C(=O)CNC. The van der Waals surface area contributed by atoms with Crippen molar-refractivity contribution in [2.45, 2.75) is 13.3 Å². The largest absolute Gasteiger partial charge is 0.313 e. The van der Waals surface area contributed by atoms with Gasteiger partial charge in [0.2, 0.25) is 0 Å². The molecular formula is C7H12N4O. The Labute approximate surface area is 70.6 Å². The smallest absolute Gasteiger partial charge is 0.198 e. The lowest BCUT2D eigenvalue weighted by Crippen LogP contribution is -2.19. The number of rotatable bonds is 4. The van der Waals surface area contributed by atoms with E-state index < -0.39 is 0 Å². The van der Waals surface area contributed by atoms with Crippen LogP contribution in [0.15, 0.2) is 0 Å². The van der Waals surface area contributed by atoms with E-state index >= 15 is 0 Å². The lowest BCUT2D eigenvalue weighted by atomic mass is 10.2. The number of likely N-dealkylation sites (N-methyl/N-ethyl adjacent to an activating group) is 1. The fourth-order valence-corrected chi connectivity index (χ4v) is 0.967. The summed E-state index contributed by atoms with van der Waals surface area (Å²) >= 11 is 0. The van der Waals surface area contributed by atoms with Gasteiger partial charge in [-0.2, -0.15) is 15.4 Å². The van der Waals surface area contributed by atoms with Crippen molar-refractivity contribution in [1.82, 2.24) is 20.7 Å². The van der Waals surface area contributed by atoms with Gasteiger partial charge in [-0.1, -0.05) is 6.92 Å². The van der Waals surface area contributed by atoms with Crippen molar-refractivity contribution in [2.24, 2.45) is 0 Å². The zero-order chi connectivity index (χ0) is 8.97. The summed E-state index contributed by atoms with van der Waals surface area (Å²) < 4.78 is 0. The van der Waals surface area contributed by atoms with Crippen LogP contribution in [0.2, 0.25) is 0 Å². The van der Waals surface area contributed by atoms with Crippen LogP contribution in [-0.4, -0.2) is 34.8 Å². The molecule has 0 aromatic carbocycles. The molecule has 0 atom stereocenters. The average Bonchev–Trinajstić information content (AvgIpc) is 2.51. The van der Waals surface area contributed by atoms with Gasteiger partial charge in [-0.05, 0) is 13.5 Å². The number of aryl methyl sites for hydroxylation is 1. The second-order valence-electron chi connectivity index (χ2n) is 2.43. The number of hydrogen-bond acceptors (Lipinski definition) is 4. The maximum Gasteiger partial charge on any atom is 0.198 e. The number of aromatic amines is 1. The summed E-state index contributed by atoms with van der Waals surface area (Å²) in [5.74, 6) is -0.0249. The molecule has 0 fully saturated rings. The Kier molecular flexibility index (Phi) is 2.93. The Morgan fingerprint density at radius 2 is 2.33 bits per heavy atom. The fourth-order valence-electron chi connectivity index (χ4n) is 0.967. The van der Waals surface area contributed by atoms with E-state index in [-0.39, 0.29) is 5.78 Å². The first kappa shape index (κ1) is 8.86. The molecule has 66 valence electrons. The van der Waals surface area contributed by atoms with Crippen LogP contribution in [0, 0.1) is 0 Å². The number of ketones is 1. The van der Waals surface area contributed by atoms with E-state index in [1.54, 1.807) is 7.05 Å². The highest BCUT2D eigenvalue weighted by Gasteiger charge is 2.13. The van der Waals surface area contributed by atoms with Gasteiger partial charge in [0.25, 0.3) is 0 Å². The molecule has 0 unspecified atom stereocenters. The van der Waals surface area contributed by atoms with E-state index in [0.29, 0.717) is 12.2 Å². The quantitative estimate of drug-likeness (QED) is 0.609. The lowest BCUT2D eigenvalue weighted by Gasteiger charge is -1.95. The van der Waals surface area contributed by atoms with Crippen molar-refractivity contribution in [3.05, 3.63) is 11.4 Å². The zero-order valence-corrected chi connectivity index (χ0v) is 7.22. The number of carbonyl (C=O) groups excluding carboxylic acids is 1. The predicted octanol–water partition coefficient (Wildman–Crippen LogP) is -0.231. The monoisotopic (exact) mass is 168 g/mol. The predicted molar refractivity (Wildman–Crippen MR) is 44.0 cm³/mol. The third-order valence-electron chi connectivity index (χ3n) is 1.56. The van der Waals surface area contributed by atoms with Crippen LogP contribution in [0.25, 0.3) is 0 Å². The molecule has 1 aromatic rings. The highest BCUT2D eigenvalue weighted by molar-refractivity contribution is 5.96. The number of aromatic nitrogens is 3. The van der Waals surface area contributed by atoms with Crippen LogP contribution in [0.4, 0.5) is 0 Å². The summed E-state index contributed by atoms with van der Waals surface area (Å²) in [4.78, 5) is 11.3. The molecule has 0 radical (unpaired) electrons. The Balaban J connectivity index is 2.79. The Morgan fingerprint density at radius 3 is 2.92 bits per heavy atom. The second kappa shape index (κ2) is 3.96. The van der Waals surface area contributed by atoms with Crippen LogP contribution in [-0.2, 0) is 6.42 Å². The third-order valence-corrected chi connectivity index (χ3v) is 1.56. The molecule has 1 rings (SSSR count). The molecule has 0 spiro atoms. The van der Waals surface area contributed by atoms with Gasteiger partial charge in [-0.15, -0.1) is 0 Å². The van der Waals surface area contributed by atoms with Gasteiger partial charge < -0.3 is 5.32 Å². The molecule has 0 saturated carbocycles. The summed E-state index contributed by atoms with van der Waals surface area (Å²) in [6, 6.07) is 0. The highest BCUT2D eigenvalue weighted by Crippen LogP contribution is 2.01. The first-order valence-corrected chi connectivity index (χ1v) is 3.87. The van der Waals surface area contributed by atoms with Crippen molar-refractivity contribution < 1.29 is 4.79 Å². The number of hydrogen-bond donors (Lipinski definition) is 2. The minimum absolute atomic E-state index is 0.0249. The summed E-state index contributed by atoms with van der Waals surface area (Å²) in [5, 5.41) is 12.8. The van der Waals surface area contributed by atoms with E-state index in [1.165, 1.54) is 0 Å². The van der Waals surface area contributed by atoms with E-state index in [9.17, 15) is 4.79 Å². The number of H-pyrrole nitrogens is 1. The number of nitrogens with zero attached hydrogens (tertiary/aromatic N) is 2. The van der Waals surface area contributed by atoms with Gasteiger partial charge in [-0.3, -0.25) is 4.79 Å². The molecule has 0 aliphatic rings. The molecule has 0 saturated heterocycles. The third kappa shape index (κ3) is 1.68. The fraction of sp³-hybridized carbons (Fsp3) is 0.571. The number of nitrogens with one attached hydrogen (secondary N) is 2. The van der Waals surface area contributed by atoms with Crippen molar-refractivity contribution in [3.63, 3.8) is 0 Å². The van der Waals surface area contributed by atoms with E-state index in [4.69, 9.17) is 0 Å². The molecule has 0 aliphatic carbocycles. The average molecular weight is 168 g/mol. The van der Waals surface area contributed by atoms with Crippen molar-refractivity contribution in [1.29, 1.82) is 0 Å². The van der Waals surface area contributed by atoms with Gasteiger partial charge in [0.15, 0.2) is 11.5 Å². The van der Waals surface area contributed by atoms with Gasteiger partial charge in [-0.25, -0.2) is 0 Å². The summed E-state index contributed by atoms with van der Waals surface area (Å²) in [6.45, 7) is 2.24. The molecular weight excluding hydrogens is 156 g/mol. The molecule has 12 heavy (non-hydrogen) atoms. The minimum Gasteiger partial charge on any atom is -0.313 e. The van der Waals surface area contributed by atoms with Crippen LogP contribution < -0.4 is 5.32 Å². The second-order valence-corrected chi connectivity index (χ2v) is 2.43.